The molecule has 0 saturated carbocycles. The SMILES string of the molecule is CNCc1nn(C)cc1-c1c(C)c(C)cc(C)c1C. The van der Waals surface area contributed by atoms with Crippen molar-refractivity contribution in [3.63, 3.8) is 0 Å². The van der Waals surface area contributed by atoms with Crippen LogP contribution in [0.5, 0.6) is 0 Å². The summed E-state index contributed by atoms with van der Waals surface area (Å²) in [7, 11) is 3.94. The molecule has 0 aliphatic carbocycles. The number of aryl methyl sites for hydroxylation is 3. The molecule has 0 amide bonds. The summed E-state index contributed by atoms with van der Waals surface area (Å²) in [5.74, 6) is 0. The highest BCUT2D eigenvalue weighted by atomic mass is 15.3. The Balaban J connectivity index is 2.71. The highest BCUT2D eigenvalue weighted by Gasteiger charge is 2.16. The molecular weight excluding hydrogens is 234 g/mol. The summed E-state index contributed by atoms with van der Waals surface area (Å²) in [6, 6.07) is 2.27. The largest absolute Gasteiger partial charge is 0.314 e. The van der Waals surface area contributed by atoms with E-state index < -0.39 is 0 Å². The summed E-state index contributed by atoms with van der Waals surface area (Å²) in [6.07, 6.45) is 2.13. The third-order valence-electron chi connectivity index (χ3n) is 3.88. The minimum atomic E-state index is 0.794. The number of rotatable bonds is 3. The van der Waals surface area contributed by atoms with Gasteiger partial charge in [-0.05, 0) is 62.6 Å². The van der Waals surface area contributed by atoms with Crippen LogP contribution in [-0.4, -0.2) is 16.8 Å². The van der Waals surface area contributed by atoms with E-state index in [2.05, 4.69) is 50.4 Å². The van der Waals surface area contributed by atoms with Gasteiger partial charge in [0.25, 0.3) is 0 Å². The lowest BCUT2D eigenvalue weighted by molar-refractivity contribution is 0.712. The lowest BCUT2D eigenvalue weighted by atomic mass is 9.90. The summed E-state index contributed by atoms with van der Waals surface area (Å²) in [5, 5.41) is 7.77. The minimum absolute atomic E-state index is 0.794. The normalized spacial score (nSPS) is 11.1. The third kappa shape index (κ3) is 2.43. The average Bonchev–Trinajstić information content (AvgIpc) is 2.69. The lowest BCUT2D eigenvalue weighted by Gasteiger charge is -2.15. The molecule has 2 aromatic rings. The Kier molecular flexibility index (Phi) is 3.76. The average molecular weight is 257 g/mol. The van der Waals surface area contributed by atoms with Gasteiger partial charge in [-0.15, -0.1) is 0 Å². The smallest absolute Gasteiger partial charge is 0.0840 e. The summed E-state index contributed by atoms with van der Waals surface area (Å²) >= 11 is 0. The number of benzene rings is 1. The van der Waals surface area contributed by atoms with E-state index in [1.807, 2.05) is 18.8 Å². The first-order chi connectivity index (χ1) is 8.95. The maximum atomic E-state index is 4.57. The third-order valence-corrected chi connectivity index (χ3v) is 3.88. The Morgan fingerprint density at radius 3 is 2.21 bits per heavy atom. The van der Waals surface area contributed by atoms with Crippen LogP contribution >= 0.6 is 0 Å². The molecule has 1 N–H and O–H groups in total. The molecular formula is C16H23N3. The Bertz CT molecular complexity index is 583. The predicted octanol–water partition coefficient (Wildman–Crippen LogP) is 3.04. The maximum Gasteiger partial charge on any atom is 0.0840 e. The van der Waals surface area contributed by atoms with Gasteiger partial charge in [0.15, 0.2) is 0 Å². The van der Waals surface area contributed by atoms with Crippen molar-refractivity contribution < 1.29 is 0 Å². The summed E-state index contributed by atoms with van der Waals surface area (Å²) in [6.45, 7) is 9.56. The monoisotopic (exact) mass is 257 g/mol. The molecule has 102 valence electrons. The lowest BCUT2D eigenvalue weighted by Crippen LogP contribution is -2.07. The van der Waals surface area contributed by atoms with E-state index in [0.29, 0.717) is 0 Å². The van der Waals surface area contributed by atoms with Crippen LogP contribution in [0, 0.1) is 27.7 Å². The molecule has 0 atom stereocenters. The molecule has 2 rings (SSSR count). The summed E-state index contributed by atoms with van der Waals surface area (Å²) < 4.78 is 1.90. The minimum Gasteiger partial charge on any atom is -0.314 e. The number of nitrogens with zero attached hydrogens (tertiary/aromatic N) is 2. The van der Waals surface area contributed by atoms with Crippen LogP contribution in [0.15, 0.2) is 12.3 Å². The van der Waals surface area contributed by atoms with Crippen LogP contribution < -0.4 is 5.32 Å². The molecule has 3 nitrogen and oxygen atoms in total. The Hall–Kier alpha value is -1.61. The van der Waals surface area contributed by atoms with Crippen LogP contribution in [0.2, 0.25) is 0 Å². The van der Waals surface area contributed by atoms with Crippen LogP contribution in [0.4, 0.5) is 0 Å². The van der Waals surface area contributed by atoms with Crippen molar-refractivity contribution in [2.75, 3.05) is 7.05 Å². The fourth-order valence-corrected chi connectivity index (χ4v) is 2.66. The maximum absolute atomic E-state index is 4.57. The second-order valence-electron chi connectivity index (χ2n) is 5.33. The van der Waals surface area contributed by atoms with E-state index in [1.54, 1.807) is 0 Å². The molecule has 0 unspecified atom stereocenters. The Morgan fingerprint density at radius 1 is 1.11 bits per heavy atom. The van der Waals surface area contributed by atoms with Gasteiger partial charge in [0.1, 0.15) is 0 Å². The summed E-state index contributed by atoms with van der Waals surface area (Å²) in [4.78, 5) is 0. The van der Waals surface area contributed by atoms with Crippen molar-refractivity contribution in [2.45, 2.75) is 34.2 Å². The van der Waals surface area contributed by atoms with Crippen molar-refractivity contribution in [1.82, 2.24) is 15.1 Å². The molecule has 0 radical (unpaired) electrons. The van der Waals surface area contributed by atoms with Crippen molar-refractivity contribution >= 4 is 0 Å². The van der Waals surface area contributed by atoms with Gasteiger partial charge < -0.3 is 5.32 Å². The van der Waals surface area contributed by atoms with E-state index >= 15 is 0 Å². The first-order valence-electron chi connectivity index (χ1n) is 6.70. The molecule has 0 spiro atoms. The molecule has 1 aromatic carbocycles. The van der Waals surface area contributed by atoms with Gasteiger partial charge in [-0.3, -0.25) is 4.68 Å². The quantitative estimate of drug-likeness (QED) is 0.916. The number of hydrogen-bond acceptors (Lipinski definition) is 2. The second kappa shape index (κ2) is 5.17. The molecule has 0 fully saturated rings. The number of hydrogen-bond donors (Lipinski definition) is 1. The number of nitrogens with one attached hydrogen (secondary N) is 1. The predicted molar refractivity (Wildman–Crippen MR) is 80.4 cm³/mol. The van der Waals surface area contributed by atoms with Gasteiger partial charge >= 0.3 is 0 Å². The highest BCUT2D eigenvalue weighted by molar-refractivity contribution is 5.74. The van der Waals surface area contributed by atoms with Gasteiger partial charge in [0.2, 0.25) is 0 Å². The zero-order chi connectivity index (χ0) is 14.2. The van der Waals surface area contributed by atoms with E-state index in [0.717, 1.165) is 12.2 Å². The van der Waals surface area contributed by atoms with E-state index in [4.69, 9.17) is 0 Å². The zero-order valence-corrected chi connectivity index (χ0v) is 12.8. The van der Waals surface area contributed by atoms with Gasteiger partial charge in [0, 0.05) is 25.4 Å². The van der Waals surface area contributed by atoms with Crippen molar-refractivity contribution in [3.05, 3.63) is 40.2 Å². The Labute approximate surface area is 115 Å². The first kappa shape index (κ1) is 13.8. The molecule has 0 aliphatic rings. The van der Waals surface area contributed by atoms with Crippen molar-refractivity contribution in [1.29, 1.82) is 0 Å². The topological polar surface area (TPSA) is 29.9 Å². The van der Waals surface area contributed by atoms with E-state index in [1.165, 1.54) is 33.4 Å². The van der Waals surface area contributed by atoms with E-state index in [9.17, 15) is 0 Å². The van der Waals surface area contributed by atoms with E-state index in [-0.39, 0.29) is 0 Å². The molecule has 0 aliphatic heterocycles. The fourth-order valence-electron chi connectivity index (χ4n) is 2.66. The second-order valence-corrected chi connectivity index (χ2v) is 5.33. The fraction of sp³-hybridized carbons (Fsp3) is 0.438. The molecule has 3 heteroatoms. The molecule has 1 aromatic heterocycles. The van der Waals surface area contributed by atoms with Crippen molar-refractivity contribution in [3.8, 4) is 11.1 Å². The van der Waals surface area contributed by atoms with Crippen LogP contribution in [0.1, 0.15) is 27.9 Å². The van der Waals surface area contributed by atoms with Crippen LogP contribution in [0.25, 0.3) is 11.1 Å². The van der Waals surface area contributed by atoms with Crippen molar-refractivity contribution in [2.24, 2.45) is 7.05 Å². The van der Waals surface area contributed by atoms with Crippen LogP contribution in [-0.2, 0) is 13.6 Å². The van der Waals surface area contributed by atoms with Gasteiger partial charge in [0.05, 0.1) is 5.69 Å². The van der Waals surface area contributed by atoms with Gasteiger partial charge in [-0.25, -0.2) is 0 Å². The Morgan fingerprint density at radius 2 is 1.68 bits per heavy atom. The molecule has 0 saturated heterocycles. The van der Waals surface area contributed by atoms with Gasteiger partial charge in [-0.2, -0.15) is 5.10 Å². The first-order valence-corrected chi connectivity index (χ1v) is 6.70. The molecule has 19 heavy (non-hydrogen) atoms. The molecule has 0 bridgehead atoms. The zero-order valence-electron chi connectivity index (χ0n) is 12.8. The molecule has 1 heterocycles. The number of aromatic nitrogens is 2. The van der Waals surface area contributed by atoms with Crippen LogP contribution in [0.3, 0.4) is 0 Å². The summed E-state index contributed by atoms with van der Waals surface area (Å²) in [5.41, 5.74) is 9.10. The standard InChI is InChI=1S/C16H23N3/c1-10-7-11(2)13(4)16(12(10)3)14-9-19(6)18-15(14)8-17-5/h7,9,17H,8H2,1-6H3. The van der Waals surface area contributed by atoms with Gasteiger partial charge in [-0.1, -0.05) is 6.07 Å². The highest BCUT2D eigenvalue weighted by Crippen LogP contribution is 2.33.